The summed E-state index contributed by atoms with van der Waals surface area (Å²) < 4.78 is 53.3. The third-order valence-electron chi connectivity index (χ3n) is 3.18. The Morgan fingerprint density at radius 3 is 2.30 bits per heavy atom. The number of hydrogen-bond acceptors (Lipinski definition) is 3. The smallest absolute Gasteiger partial charge is 0.326 e. The van der Waals surface area contributed by atoms with Gasteiger partial charge in [0, 0.05) is 0 Å². The Labute approximate surface area is 109 Å². The van der Waals surface area contributed by atoms with E-state index >= 15 is 0 Å². The number of hydrogen-bond donors (Lipinski definition) is 1. The van der Waals surface area contributed by atoms with Crippen LogP contribution < -0.4 is 0 Å². The zero-order valence-electron chi connectivity index (χ0n) is 9.86. The molecule has 0 saturated carbocycles. The molecular formula is C11H7F4NO4. The summed E-state index contributed by atoms with van der Waals surface area (Å²) >= 11 is 0. The second kappa shape index (κ2) is 4.43. The van der Waals surface area contributed by atoms with Gasteiger partial charge in [-0.1, -0.05) is 0 Å². The Bertz CT molecular complexity index is 597. The van der Waals surface area contributed by atoms with Crippen molar-refractivity contribution in [3.05, 3.63) is 23.1 Å². The first kappa shape index (κ1) is 14.2. The van der Waals surface area contributed by atoms with Crippen LogP contribution in [-0.4, -0.2) is 40.0 Å². The molecular weight excluding hydrogens is 286 g/mol. The number of nitrogens with zero attached hydrogens (tertiary/aromatic N) is 1. The Balaban J connectivity index is 2.57. The second-order valence-corrected chi connectivity index (χ2v) is 4.30. The predicted molar refractivity (Wildman–Crippen MR) is 54.7 cm³/mol. The molecule has 0 aromatic carbocycles. The molecule has 1 fully saturated rings. The van der Waals surface area contributed by atoms with Crippen molar-refractivity contribution in [3.8, 4) is 0 Å². The first-order valence-corrected chi connectivity index (χ1v) is 5.39. The average Bonchev–Trinajstić information content (AvgIpc) is 2.64. The van der Waals surface area contributed by atoms with Crippen molar-refractivity contribution in [2.75, 3.05) is 0 Å². The van der Waals surface area contributed by atoms with E-state index < -0.39 is 59.0 Å². The summed E-state index contributed by atoms with van der Waals surface area (Å²) in [5.41, 5.74) is -1.19. The molecule has 0 aromatic heterocycles. The number of halogens is 4. The first-order valence-electron chi connectivity index (χ1n) is 5.39. The molecule has 2 unspecified atom stereocenters. The van der Waals surface area contributed by atoms with E-state index in [1.165, 1.54) is 0 Å². The van der Waals surface area contributed by atoms with Crippen LogP contribution in [0.2, 0.25) is 0 Å². The van der Waals surface area contributed by atoms with Gasteiger partial charge in [-0.2, -0.15) is 0 Å². The van der Waals surface area contributed by atoms with E-state index in [-0.39, 0.29) is 4.90 Å². The highest BCUT2D eigenvalue weighted by Crippen LogP contribution is 2.44. The lowest BCUT2D eigenvalue weighted by Gasteiger charge is -2.19. The number of likely N-dealkylation sites (tertiary alicyclic amines) is 1. The van der Waals surface area contributed by atoms with Crippen LogP contribution in [0.1, 0.15) is 6.92 Å². The maximum Gasteiger partial charge on any atom is 0.326 e. The number of carboxylic acid groups (broad SMARTS) is 1. The van der Waals surface area contributed by atoms with Crippen molar-refractivity contribution in [2.45, 2.75) is 19.1 Å². The number of allylic oxidation sites excluding steroid dienone is 3. The summed E-state index contributed by atoms with van der Waals surface area (Å²) in [7, 11) is 0. The fourth-order valence-corrected chi connectivity index (χ4v) is 2.11. The molecule has 0 bridgehead atoms. The van der Waals surface area contributed by atoms with Crippen LogP contribution in [0.15, 0.2) is 23.1 Å². The standard InChI is InChI=1S/C11H7F4NO4/c1-2(11(19)20)16-9(17)3-4(10(16)18)6(13)8(15)7(14)5(3)12/h2-3,5H,1H3,(H,19,20)/t2-,3?,5?/m0/s1. The van der Waals surface area contributed by atoms with Crippen LogP contribution in [0.25, 0.3) is 0 Å². The van der Waals surface area contributed by atoms with E-state index in [4.69, 9.17) is 5.11 Å². The number of carbonyl (C=O) groups excluding carboxylic acids is 2. The maximum atomic E-state index is 13.6. The first-order chi connectivity index (χ1) is 9.20. The van der Waals surface area contributed by atoms with Crippen LogP contribution >= 0.6 is 0 Å². The van der Waals surface area contributed by atoms with Gasteiger partial charge < -0.3 is 5.11 Å². The topological polar surface area (TPSA) is 74.7 Å². The second-order valence-electron chi connectivity index (χ2n) is 4.30. The Kier molecular flexibility index (Phi) is 3.15. The Morgan fingerprint density at radius 1 is 1.25 bits per heavy atom. The van der Waals surface area contributed by atoms with Crippen molar-refractivity contribution < 1.29 is 37.1 Å². The lowest BCUT2D eigenvalue weighted by atomic mass is 9.90. The number of imide groups is 1. The summed E-state index contributed by atoms with van der Waals surface area (Å²) in [6, 6.07) is -1.71. The molecule has 5 nitrogen and oxygen atoms in total. The normalized spacial score (nSPS) is 28.1. The van der Waals surface area contributed by atoms with E-state index in [1.807, 2.05) is 0 Å². The monoisotopic (exact) mass is 293 g/mol. The van der Waals surface area contributed by atoms with Gasteiger partial charge in [0.05, 0.1) is 5.57 Å². The fraction of sp³-hybridized carbons (Fsp3) is 0.364. The quantitative estimate of drug-likeness (QED) is 0.612. The van der Waals surface area contributed by atoms with Gasteiger partial charge in [0.1, 0.15) is 12.0 Å². The lowest BCUT2D eigenvalue weighted by Crippen LogP contribution is -2.44. The molecule has 2 amide bonds. The average molecular weight is 293 g/mol. The molecule has 108 valence electrons. The summed E-state index contributed by atoms with van der Waals surface area (Å²) in [6.07, 6.45) is -2.85. The highest BCUT2D eigenvalue weighted by Gasteiger charge is 2.56. The predicted octanol–water partition coefficient (Wildman–Crippen LogP) is 1.17. The van der Waals surface area contributed by atoms with E-state index in [9.17, 15) is 31.9 Å². The van der Waals surface area contributed by atoms with Gasteiger partial charge in [-0.05, 0) is 6.92 Å². The SMILES string of the molecule is C[C@@H](C(=O)O)N1C(=O)C2=C(F)C(F)=C(F)C(F)C2C1=O. The number of fused-ring (bicyclic) bond motifs is 1. The summed E-state index contributed by atoms with van der Waals surface area (Å²) in [4.78, 5) is 34.4. The maximum absolute atomic E-state index is 13.6. The third kappa shape index (κ3) is 1.65. The van der Waals surface area contributed by atoms with E-state index in [2.05, 4.69) is 0 Å². The molecule has 2 rings (SSSR count). The lowest BCUT2D eigenvalue weighted by molar-refractivity contribution is -0.153. The van der Waals surface area contributed by atoms with Gasteiger partial charge in [0.25, 0.3) is 5.91 Å². The van der Waals surface area contributed by atoms with Gasteiger partial charge in [-0.3, -0.25) is 14.5 Å². The molecule has 1 aliphatic carbocycles. The van der Waals surface area contributed by atoms with Crippen LogP contribution in [-0.2, 0) is 14.4 Å². The zero-order valence-corrected chi connectivity index (χ0v) is 9.86. The summed E-state index contributed by atoms with van der Waals surface area (Å²) in [6.45, 7) is 0.932. The van der Waals surface area contributed by atoms with E-state index in [0.717, 1.165) is 6.92 Å². The summed E-state index contributed by atoms with van der Waals surface area (Å²) in [5.74, 6) is -13.0. The van der Waals surface area contributed by atoms with Gasteiger partial charge in [-0.25, -0.2) is 22.4 Å². The van der Waals surface area contributed by atoms with Crippen LogP contribution in [0.4, 0.5) is 17.6 Å². The van der Waals surface area contributed by atoms with Crippen molar-refractivity contribution in [1.29, 1.82) is 0 Å². The van der Waals surface area contributed by atoms with Gasteiger partial charge in [0.15, 0.2) is 23.7 Å². The molecule has 1 aliphatic heterocycles. The van der Waals surface area contributed by atoms with Gasteiger partial charge >= 0.3 is 5.97 Å². The third-order valence-corrected chi connectivity index (χ3v) is 3.18. The number of carbonyl (C=O) groups is 3. The number of carboxylic acids is 1. The number of alkyl halides is 1. The van der Waals surface area contributed by atoms with Crippen LogP contribution in [0.3, 0.4) is 0 Å². The fourth-order valence-electron chi connectivity index (χ4n) is 2.11. The highest BCUT2D eigenvalue weighted by molar-refractivity contribution is 6.17. The van der Waals surface area contributed by atoms with E-state index in [1.54, 1.807) is 0 Å². The Hall–Kier alpha value is -2.19. The molecule has 2 aliphatic rings. The number of aliphatic carboxylic acids is 1. The molecule has 20 heavy (non-hydrogen) atoms. The van der Waals surface area contributed by atoms with Crippen molar-refractivity contribution >= 4 is 17.8 Å². The number of rotatable bonds is 2. The molecule has 1 saturated heterocycles. The van der Waals surface area contributed by atoms with Crippen molar-refractivity contribution in [1.82, 2.24) is 4.90 Å². The molecule has 1 N–H and O–H groups in total. The van der Waals surface area contributed by atoms with Gasteiger partial charge in [-0.15, -0.1) is 0 Å². The minimum atomic E-state index is -2.85. The van der Waals surface area contributed by atoms with E-state index in [0.29, 0.717) is 0 Å². The van der Waals surface area contributed by atoms with Gasteiger partial charge in [0.2, 0.25) is 5.91 Å². The molecule has 9 heteroatoms. The Morgan fingerprint density at radius 2 is 1.80 bits per heavy atom. The molecule has 0 spiro atoms. The minimum absolute atomic E-state index is 0.0837. The number of amides is 2. The van der Waals surface area contributed by atoms with Crippen molar-refractivity contribution in [3.63, 3.8) is 0 Å². The largest absolute Gasteiger partial charge is 0.480 e. The van der Waals surface area contributed by atoms with Crippen LogP contribution in [0, 0.1) is 5.92 Å². The van der Waals surface area contributed by atoms with Crippen molar-refractivity contribution in [2.24, 2.45) is 5.92 Å². The molecule has 0 radical (unpaired) electrons. The zero-order chi connectivity index (χ0) is 15.4. The summed E-state index contributed by atoms with van der Waals surface area (Å²) in [5, 5.41) is 8.74. The molecule has 1 heterocycles. The highest BCUT2D eigenvalue weighted by atomic mass is 19.2. The van der Waals surface area contributed by atoms with Crippen LogP contribution in [0.5, 0.6) is 0 Å². The minimum Gasteiger partial charge on any atom is -0.480 e. The molecule has 0 aromatic rings. The molecule has 3 atom stereocenters.